The lowest BCUT2D eigenvalue weighted by Crippen LogP contribution is -2.57. The van der Waals surface area contributed by atoms with Crippen molar-refractivity contribution in [2.75, 3.05) is 13.1 Å². The van der Waals surface area contributed by atoms with Crippen LogP contribution in [0.2, 0.25) is 0 Å². The number of rotatable bonds is 13. The van der Waals surface area contributed by atoms with E-state index in [1.54, 1.807) is 0 Å². The molecule has 1 aliphatic rings. The second-order valence-corrected chi connectivity index (χ2v) is 14.5. The molecule has 3 atom stereocenters. The van der Waals surface area contributed by atoms with E-state index < -0.39 is 29.9 Å². The van der Waals surface area contributed by atoms with Gasteiger partial charge < -0.3 is 21.3 Å². The van der Waals surface area contributed by atoms with Crippen molar-refractivity contribution < 1.29 is 19.2 Å². The fourth-order valence-corrected chi connectivity index (χ4v) is 7.44. The van der Waals surface area contributed by atoms with Crippen LogP contribution in [0, 0.1) is 5.92 Å². The molecule has 54 heavy (non-hydrogen) atoms. The van der Waals surface area contributed by atoms with Crippen molar-refractivity contribution in [1.29, 1.82) is 0 Å². The van der Waals surface area contributed by atoms with E-state index in [9.17, 15) is 19.2 Å². The molecule has 1 saturated heterocycles. The third kappa shape index (κ3) is 9.01. The number of hydrogen-bond acceptors (Lipinski definition) is 5. The monoisotopic (exact) mass is 718 g/mol. The first-order valence-corrected chi connectivity index (χ1v) is 18.8. The lowest BCUT2D eigenvalue weighted by atomic mass is 9.95. The molecule has 0 saturated carbocycles. The summed E-state index contributed by atoms with van der Waals surface area (Å²) in [4.78, 5) is 55.3. The largest absolute Gasteiger partial charge is 0.344 e. The van der Waals surface area contributed by atoms with Gasteiger partial charge in [-0.2, -0.15) is 0 Å². The Kier molecular flexibility index (Phi) is 11.4. The highest BCUT2D eigenvalue weighted by molar-refractivity contribution is 5.95. The van der Waals surface area contributed by atoms with Crippen LogP contribution in [0.3, 0.4) is 0 Å². The minimum absolute atomic E-state index is 0.167. The molecule has 4 N–H and O–H groups in total. The predicted molar refractivity (Wildman–Crippen MR) is 215 cm³/mol. The summed E-state index contributed by atoms with van der Waals surface area (Å²) >= 11 is 0. The summed E-state index contributed by atoms with van der Waals surface area (Å²) in [5.41, 5.74) is 2.66. The molecule has 8 nitrogen and oxygen atoms in total. The van der Waals surface area contributed by atoms with E-state index in [0.29, 0.717) is 19.3 Å². The van der Waals surface area contributed by atoms with E-state index in [1.165, 1.54) is 6.92 Å². The Hall–Kier alpha value is -5.86. The number of hydrogen-bond donors (Lipinski definition) is 4. The molecule has 1 heterocycles. The maximum atomic E-state index is 14.4. The molecule has 0 aliphatic carbocycles. The van der Waals surface area contributed by atoms with Gasteiger partial charge in [-0.05, 0) is 88.3 Å². The molecule has 0 radical (unpaired) electrons. The van der Waals surface area contributed by atoms with Crippen LogP contribution < -0.4 is 21.3 Å². The second-order valence-electron chi connectivity index (χ2n) is 14.5. The summed E-state index contributed by atoms with van der Waals surface area (Å²) in [6.07, 6.45) is 2.11. The zero-order valence-corrected chi connectivity index (χ0v) is 30.5. The number of fused-ring (bicyclic) bond motifs is 3. The van der Waals surface area contributed by atoms with Crippen molar-refractivity contribution in [3.05, 3.63) is 144 Å². The fraction of sp³-hybridized carbons (Fsp3) is 0.261. The fourth-order valence-electron chi connectivity index (χ4n) is 7.44. The molecular formula is C46H46N4O4. The summed E-state index contributed by atoms with van der Waals surface area (Å²) in [6, 6.07) is 39.3. The van der Waals surface area contributed by atoms with Crippen molar-refractivity contribution in [2.24, 2.45) is 5.92 Å². The number of Topliss-reactive ketones (excluding diaryl/α,β-unsaturated/α-hetero) is 1. The molecule has 1 fully saturated rings. The molecular weight excluding hydrogens is 673 g/mol. The number of piperidine rings is 1. The van der Waals surface area contributed by atoms with Crippen LogP contribution in [0.5, 0.6) is 0 Å². The van der Waals surface area contributed by atoms with Gasteiger partial charge in [0.15, 0.2) is 5.78 Å². The Labute approximate surface area is 315 Å². The van der Waals surface area contributed by atoms with Gasteiger partial charge >= 0.3 is 0 Å². The first-order chi connectivity index (χ1) is 26.3. The molecule has 8 heteroatoms. The number of amides is 3. The van der Waals surface area contributed by atoms with Gasteiger partial charge in [0.05, 0.1) is 6.04 Å². The van der Waals surface area contributed by atoms with E-state index in [2.05, 4.69) is 21.3 Å². The van der Waals surface area contributed by atoms with E-state index in [1.807, 2.05) is 127 Å². The molecule has 6 aromatic rings. The molecule has 7 rings (SSSR count). The molecule has 6 aromatic carbocycles. The Bertz CT molecular complexity index is 2310. The molecule has 0 spiro atoms. The quantitative estimate of drug-likeness (QED) is 0.113. The van der Waals surface area contributed by atoms with Crippen molar-refractivity contribution in [1.82, 2.24) is 21.3 Å². The average Bonchev–Trinajstić information content (AvgIpc) is 3.20. The van der Waals surface area contributed by atoms with Gasteiger partial charge in [-0.15, -0.1) is 0 Å². The van der Waals surface area contributed by atoms with Crippen LogP contribution in [-0.2, 0) is 38.4 Å². The molecule has 1 aliphatic heterocycles. The van der Waals surface area contributed by atoms with Gasteiger partial charge in [-0.3, -0.25) is 19.2 Å². The van der Waals surface area contributed by atoms with Crippen molar-refractivity contribution in [3.63, 3.8) is 0 Å². The van der Waals surface area contributed by atoms with Crippen LogP contribution in [0.25, 0.3) is 32.3 Å². The van der Waals surface area contributed by atoms with Crippen LogP contribution >= 0.6 is 0 Å². The Morgan fingerprint density at radius 3 is 1.31 bits per heavy atom. The summed E-state index contributed by atoms with van der Waals surface area (Å²) in [5, 5.41) is 18.7. The average molecular weight is 719 g/mol. The van der Waals surface area contributed by atoms with Crippen LogP contribution in [0.15, 0.2) is 127 Å². The number of carbonyl (C=O) groups is 4. The molecule has 0 bridgehead atoms. The summed E-state index contributed by atoms with van der Waals surface area (Å²) in [5.74, 6) is -1.48. The van der Waals surface area contributed by atoms with Crippen molar-refractivity contribution >= 4 is 55.8 Å². The van der Waals surface area contributed by atoms with E-state index in [0.717, 1.165) is 62.1 Å². The van der Waals surface area contributed by atoms with E-state index >= 15 is 0 Å². The summed E-state index contributed by atoms with van der Waals surface area (Å²) < 4.78 is 0. The Morgan fingerprint density at radius 1 is 0.519 bits per heavy atom. The third-order valence-corrected chi connectivity index (χ3v) is 10.5. The minimum atomic E-state index is -1.02. The maximum absolute atomic E-state index is 14.4. The topological polar surface area (TPSA) is 116 Å². The van der Waals surface area contributed by atoms with E-state index in [4.69, 9.17) is 0 Å². The lowest BCUT2D eigenvalue weighted by Gasteiger charge is -2.27. The van der Waals surface area contributed by atoms with Crippen molar-refractivity contribution in [2.45, 2.75) is 57.2 Å². The highest BCUT2D eigenvalue weighted by Crippen LogP contribution is 2.21. The van der Waals surface area contributed by atoms with Crippen molar-refractivity contribution in [3.8, 4) is 0 Å². The highest BCUT2D eigenvalue weighted by Gasteiger charge is 2.31. The molecule has 3 amide bonds. The van der Waals surface area contributed by atoms with Crippen LogP contribution in [-0.4, -0.2) is 54.7 Å². The zero-order valence-electron chi connectivity index (χ0n) is 30.5. The normalized spacial score (nSPS) is 15.0. The smallest absolute Gasteiger partial charge is 0.243 e. The zero-order chi connectivity index (χ0) is 37.4. The van der Waals surface area contributed by atoms with Gasteiger partial charge in [-0.1, -0.05) is 127 Å². The Morgan fingerprint density at radius 2 is 0.889 bits per heavy atom. The number of benzene rings is 6. The summed E-state index contributed by atoms with van der Waals surface area (Å²) in [7, 11) is 0. The van der Waals surface area contributed by atoms with Crippen LogP contribution in [0.4, 0.5) is 0 Å². The maximum Gasteiger partial charge on any atom is 0.243 e. The SMILES string of the molecule is CC(=O)C(Cc1ccc2ccccc2c1)NC(=O)C(Cc1ccc2ccccc2c1)NC(=O)C(Cc1ccc2ccccc2c1)NC(=O)C1CCNCC1. The van der Waals surface area contributed by atoms with Gasteiger partial charge in [-0.25, -0.2) is 0 Å². The Balaban J connectivity index is 1.16. The van der Waals surface area contributed by atoms with Gasteiger partial charge in [0.2, 0.25) is 17.7 Å². The van der Waals surface area contributed by atoms with Gasteiger partial charge in [0.25, 0.3) is 0 Å². The second kappa shape index (κ2) is 16.9. The molecule has 0 aromatic heterocycles. The minimum Gasteiger partial charge on any atom is -0.344 e. The first-order valence-electron chi connectivity index (χ1n) is 18.8. The predicted octanol–water partition coefficient (Wildman–Crippen LogP) is 6.22. The molecule has 274 valence electrons. The standard InChI is InChI=1S/C46H46N4O4/c1-30(51)41(27-31-14-17-34-8-2-5-11-38(34)24-31)48-45(53)43(29-33-16-19-36-10-4-7-13-40(36)26-33)50-46(54)42(49-44(52)37-20-22-47-23-21-37)28-32-15-18-35-9-3-6-12-39(35)25-32/h2-19,24-26,37,41-43,47H,20-23,27-29H2,1H3,(H,48,53)(H,49,52)(H,50,54). The highest BCUT2D eigenvalue weighted by atomic mass is 16.2. The molecule has 3 unspecified atom stereocenters. The number of carbonyl (C=O) groups excluding carboxylic acids is 4. The number of ketones is 1. The van der Waals surface area contributed by atoms with E-state index in [-0.39, 0.29) is 30.4 Å². The first kappa shape index (κ1) is 36.5. The van der Waals surface area contributed by atoms with Gasteiger partial charge in [0, 0.05) is 18.8 Å². The lowest BCUT2D eigenvalue weighted by molar-refractivity contribution is -0.134. The van der Waals surface area contributed by atoms with Crippen LogP contribution in [0.1, 0.15) is 36.5 Å². The summed E-state index contributed by atoms with van der Waals surface area (Å²) in [6.45, 7) is 2.95. The van der Waals surface area contributed by atoms with Gasteiger partial charge in [0.1, 0.15) is 12.1 Å². The third-order valence-electron chi connectivity index (χ3n) is 10.5. The number of nitrogens with one attached hydrogen (secondary N) is 4.